The van der Waals surface area contributed by atoms with Crippen molar-refractivity contribution < 1.29 is 21.6 Å². The van der Waals surface area contributed by atoms with Crippen molar-refractivity contribution >= 4 is 19.7 Å². The van der Waals surface area contributed by atoms with Gasteiger partial charge in [0.25, 0.3) is 0 Å². The lowest BCUT2D eigenvalue weighted by molar-refractivity contribution is 0.236. The van der Waals surface area contributed by atoms with Gasteiger partial charge in [-0.15, -0.1) is 0 Å². The molecule has 0 aliphatic rings. The summed E-state index contributed by atoms with van der Waals surface area (Å²) < 4.78 is 59.4. The van der Waals surface area contributed by atoms with Crippen molar-refractivity contribution in [3.05, 3.63) is 76.9 Å². The number of rotatable bonds is 6. The van der Waals surface area contributed by atoms with Gasteiger partial charge in [0.15, 0.2) is 0 Å². The first kappa shape index (κ1) is 24.0. The molecule has 5 nitrogen and oxygen atoms in total. The Kier molecular flexibility index (Phi) is 6.54. The quantitative estimate of drug-likeness (QED) is 0.482. The molecular weight excluding hydrogens is 444 g/mol. The molecule has 0 radical (unpaired) electrons. The Morgan fingerprint density at radius 1 is 0.594 bits per heavy atom. The minimum Gasteiger partial charge on any atom is -0.490 e. The normalized spacial score (nSPS) is 12.2. The summed E-state index contributed by atoms with van der Waals surface area (Å²) in [6, 6.07) is 13.7. The smallest absolute Gasteiger partial charge is 0.210 e. The van der Waals surface area contributed by atoms with Crippen LogP contribution in [0.1, 0.15) is 36.1 Å². The van der Waals surface area contributed by atoms with Gasteiger partial charge in [-0.25, -0.2) is 16.8 Å². The Hall–Kier alpha value is -2.64. The summed E-state index contributed by atoms with van der Waals surface area (Å²) in [6.45, 7) is 11.0. The second kappa shape index (κ2) is 8.71. The third-order valence-electron chi connectivity index (χ3n) is 5.46. The van der Waals surface area contributed by atoms with Crippen molar-refractivity contribution in [3.8, 4) is 5.75 Å². The van der Waals surface area contributed by atoms with Crippen molar-refractivity contribution in [3.63, 3.8) is 0 Å². The molecule has 0 N–H and O–H groups in total. The molecule has 0 atom stereocenters. The monoisotopic (exact) mass is 472 g/mol. The first-order valence-electron chi connectivity index (χ1n) is 10.3. The summed E-state index contributed by atoms with van der Waals surface area (Å²) in [5.74, 6) is 0.122. The molecular formula is C25H28O5S2. The van der Waals surface area contributed by atoms with Crippen LogP contribution in [0.3, 0.4) is 0 Å². The summed E-state index contributed by atoms with van der Waals surface area (Å²) in [5.41, 5.74) is 3.61. The molecule has 32 heavy (non-hydrogen) atoms. The average Bonchev–Trinajstić information content (AvgIpc) is 2.71. The highest BCUT2D eigenvalue weighted by molar-refractivity contribution is 7.92. The summed E-state index contributed by atoms with van der Waals surface area (Å²) >= 11 is 0. The maximum Gasteiger partial charge on any atom is 0.210 e. The summed E-state index contributed by atoms with van der Waals surface area (Å²) in [5, 5.41) is 0. The van der Waals surface area contributed by atoms with E-state index in [0.29, 0.717) is 0 Å². The van der Waals surface area contributed by atoms with Gasteiger partial charge < -0.3 is 4.74 Å². The highest BCUT2D eigenvalue weighted by Crippen LogP contribution is 2.35. The number of benzene rings is 3. The van der Waals surface area contributed by atoms with Crippen LogP contribution in [0.25, 0.3) is 0 Å². The van der Waals surface area contributed by atoms with Crippen LogP contribution in [0.4, 0.5) is 0 Å². The molecule has 0 bridgehead atoms. The number of aryl methyl sites for hydroxylation is 4. The molecule has 3 aromatic rings. The van der Waals surface area contributed by atoms with Crippen molar-refractivity contribution in [2.24, 2.45) is 0 Å². The summed E-state index contributed by atoms with van der Waals surface area (Å²) in [6.07, 6.45) is -0.286. The molecule has 0 aliphatic heterocycles. The van der Waals surface area contributed by atoms with Gasteiger partial charge in [0.2, 0.25) is 19.7 Å². The molecule has 0 aromatic heterocycles. The van der Waals surface area contributed by atoms with Crippen molar-refractivity contribution in [1.29, 1.82) is 0 Å². The van der Waals surface area contributed by atoms with E-state index < -0.39 is 19.7 Å². The van der Waals surface area contributed by atoms with Crippen LogP contribution in [0.5, 0.6) is 5.75 Å². The number of sulfone groups is 2. The maximum atomic E-state index is 13.5. The van der Waals surface area contributed by atoms with E-state index in [4.69, 9.17) is 4.74 Å². The van der Waals surface area contributed by atoms with E-state index in [2.05, 4.69) is 0 Å². The van der Waals surface area contributed by atoms with Crippen LogP contribution in [-0.4, -0.2) is 22.9 Å². The van der Waals surface area contributed by atoms with E-state index in [1.165, 1.54) is 30.3 Å². The van der Waals surface area contributed by atoms with Crippen molar-refractivity contribution in [2.75, 3.05) is 0 Å². The number of hydrogen-bond donors (Lipinski definition) is 0. The number of hydrogen-bond acceptors (Lipinski definition) is 5. The highest BCUT2D eigenvalue weighted by atomic mass is 32.2. The zero-order chi connectivity index (χ0) is 23.8. The second-order valence-electron chi connectivity index (χ2n) is 8.27. The molecule has 7 heteroatoms. The first-order valence-corrected chi connectivity index (χ1v) is 13.3. The molecule has 0 saturated heterocycles. The van der Waals surface area contributed by atoms with E-state index in [-0.39, 0.29) is 31.4 Å². The van der Waals surface area contributed by atoms with E-state index in [9.17, 15) is 16.8 Å². The van der Waals surface area contributed by atoms with E-state index in [0.717, 1.165) is 22.3 Å². The van der Waals surface area contributed by atoms with Gasteiger partial charge in [0, 0.05) is 0 Å². The molecule has 3 rings (SSSR count). The predicted molar refractivity (Wildman–Crippen MR) is 125 cm³/mol. The Labute approximate surface area is 190 Å². The van der Waals surface area contributed by atoms with Crippen LogP contribution < -0.4 is 4.74 Å². The summed E-state index contributed by atoms with van der Waals surface area (Å²) in [4.78, 5) is -0.0544. The molecule has 3 aromatic carbocycles. The fraction of sp³-hybridized carbons (Fsp3) is 0.280. The van der Waals surface area contributed by atoms with Gasteiger partial charge in [0.1, 0.15) is 10.6 Å². The minimum absolute atomic E-state index is 0.0925. The predicted octanol–water partition coefficient (Wildman–Crippen LogP) is 5.37. The van der Waals surface area contributed by atoms with Crippen LogP contribution in [-0.2, 0) is 19.7 Å². The molecule has 0 fully saturated rings. The highest BCUT2D eigenvalue weighted by Gasteiger charge is 2.27. The van der Waals surface area contributed by atoms with Gasteiger partial charge in [0.05, 0.1) is 20.8 Å². The minimum atomic E-state index is -4.02. The molecule has 170 valence electrons. The Morgan fingerprint density at radius 3 is 1.50 bits per heavy atom. The second-order valence-corrected chi connectivity index (χ2v) is 12.1. The molecule has 0 saturated carbocycles. The molecule has 0 amide bonds. The van der Waals surface area contributed by atoms with Crippen molar-refractivity contribution in [2.45, 2.75) is 67.2 Å². The Bertz CT molecular complexity index is 1390. The molecule has 0 heterocycles. The van der Waals surface area contributed by atoms with Crippen LogP contribution in [0, 0.1) is 27.7 Å². The first-order chi connectivity index (χ1) is 14.8. The third-order valence-corrected chi connectivity index (χ3v) is 8.98. The average molecular weight is 473 g/mol. The zero-order valence-electron chi connectivity index (χ0n) is 19.1. The van der Waals surface area contributed by atoms with E-state index in [1.807, 2.05) is 27.7 Å². The molecule has 0 aliphatic carbocycles. The zero-order valence-corrected chi connectivity index (χ0v) is 20.8. The van der Waals surface area contributed by atoms with Crippen molar-refractivity contribution in [1.82, 2.24) is 0 Å². The standard InChI is InChI=1S/C25H28O5S2/c1-16(2)30-24-12-11-23(31(26,27)21-9-7-17(3)19(5)13-21)15-25(24)32(28,29)22-10-8-18(4)20(6)14-22/h7-16H,1-6H3. The van der Waals surface area contributed by atoms with Crippen LogP contribution in [0.15, 0.2) is 74.2 Å². The van der Waals surface area contributed by atoms with E-state index >= 15 is 0 Å². The fourth-order valence-electron chi connectivity index (χ4n) is 3.24. The van der Waals surface area contributed by atoms with Crippen LogP contribution in [0.2, 0.25) is 0 Å². The van der Waals surface area contributed by atoms with Gasteiger partial charge in [-0.05, 0) is 106 Å². The maximum absolute atomic E-state index is 13.5. The fourth-order valence-corrected chi connectivity index (χ4v) is 6.18. The van der Waals surface area contributed by atoms with Crippen LogP contribution >= 0.6 is 0 Å². The largest absolute Gasteiger partial charge is 0.490 e. The summed E-state index contributed by atoms with van der Waals surface area (Å²) in [7, 11) is -7.95. The topological polar surface area (TPSA) is 77.5 Å². The SMILES string of the molecule is Cc1ccc(S(=O)(=O)c2ccc(OC(C)C)c(S(=O)(=O)c3ccc(C)c(C)c3)c2)cc1C. The van der Waals surface area contributed by atoms with Gasteiger partial charge in [-0.3, -0.25) is 0 Å². The molecule has 0 unspecified atom stereocenters. The lowest BCUT2D eigenvalue weighted by Crippen LogP contribution is -2.12. The number of ether oxygens (including phenoxy) is 1. The lowest BCUT2D eigenvalue weighted by atomic mass is 10.1. The van der Waals surface area contributed by atoms with Gasteiger partial charge in [-0.2, -0.15) is 0 Å². The molecule has 0 spiro atoms. The van der Waals surface area contributed by atoms with E-state index in [1.54, 1.807) is 38.1 Å². The lowest BCUT2D eigenvalue weighted by Gasteiger charge is -2.17. The third kappa shape index (κ3) is 4.59. The Balaban J connectivity index is 2.23. The van der Waals surface area contributed by atoms with Gasteiger partial charge >= 0.3 is 0 Å². The Morgan fingerprint density at radius 2 is 1.03 bits per heavy atom. The van der Waals surface area contributed by atoms with Gasteiger partial charge in [-0.1, -0.05) is 12.1 Å².